The fourth-order valence-electron chi connectivity index (χ4n) is 1.46. The van der Waals surface area contributed by atoms with Gasteiger partial charge < -0.3 is 14.6 Å². The lowest BCUT2D eigenvalue weighted by atomic mass is 10.1. The Balaban J connectivity index is 2.56. The van der Waals surface area contributed by atoms with Crippen LogP contribution in [0.1, 0.15) is 33.6 Å². The van der Waals surface area contributed by atoms with E-state index in [0.29, 0.717) is 0 Å². The van der Waals surface area contributed by atoms with Gasteiger partial charge in [0.25, 0.3) is 0 Å². The Morgan fingerprint density at radius 2 is 2.25 bits per heavy atom. The average Bonchev–Trinajstić information content (AvgIpc) is 2.66. The molecule has 1 aromatic rings. The van der Waals surface area contributed by atoms with E-state index in [2.05, 4.69) is 35.6 Å². The molecule has 4 heteroatoms. The van der Waals surface area contributed by atoms with Crippen LogP contribution in [0.15, 0.2) is 12.4 Å². The molecule has 0 aliphatic heterocycles. The highest BCUT2D eigenvalue weighted by molar-refractivity contribution is 5.25. The molecule has 0 saturated carbocycles. The van der Waals surface area contributed by atoms with E-state index in [-0.39, 0.29) is 5.60 Å². The molecular formula is C12H23N3O. The number of ether oxygens (including phenoxy) is 1. The number of hydrogen-bond donors (Lipinski definition) is 1. The maximum Gasteiger partial charge on any atom is 0.202 e. The lowest BCUT2D eigenvalue weighted by molar-refractivity contribution is 0.00857. The van der Waals surface area contributed by atoms with Crippen molar-refractivity contribution in [3.05, 3.63) is 12.4 Å². The Morgan fingerprint density at radius 1 is 1.50 bits per heavy atom. The van der Waals surface area contributed by atoms with Crippen LogP contribution >= 0.6 is 0 Å². The zero-order chi connectivity index (χ0) is 12.0. The Morgan fingerprint density at radius 3 is 2.88 bits per heavy atom. The molecule has 0 unspecified atom stereocenters. The third-order valence-corrected chi connectivity index (χ3v) is 2.63. The molecule has 0 aromatic carbocycles. The highest BCUT2D eigenvalue weighted by atomic mass is 16.5. The molecule has 0 atom stereocenters. The summed E-state index contributed by atoms with van der Waals surface area (Å²) < 4.78 is 7.51. The molecule has 1 heterocycles. The second-order valence-electron chi connectivity index (χ2n) is 4.62. The van der Waals surface area contributed by atoms with Gasteiger partial charge in [0.2, 0.25) is 5.95 Å². The zero-order valence-electron chi connectivity index (χ0n) is 10.8. The molecule has 16 heavy (non-hydrogen) atoms. The maximum atomic E-state index is 5.42. The minimum Gasteiger partial charge on any atom is -0.377 e. The molecule has 92 valence electrons. The van der Waals surface area contributed by atoms with E-state index in [1.165, 1.54) is 12.8 Å². The molecule has 4 nitrogen and oxygen atoms in total. The number of unbranched alkanes of at least 4 members (excludes halogenated alkanes) is 1. The third kappa shape index (κ3) is 3.85. The fourth-order valence-corrected chi connectivity index (χ4v) is 1.46. The first-order chi connectivity index (χ1) is 7.59. The number of nitrogens with zero attached hydrogens (tertiary/aromatic N) is 2. The van der Waals surface area contributed by atoms with Crippen LogP contribution in [-0.2, 0) is 11.3 Å². The van der Waals surface area contributed by atoms with Crippen molar-refractivity contribution >= 4 is 5.95 Å². The molecule has 1 N–H and O–H groups in total. The van der Waals surface area contributed by atoms with Crippen LogP contribution in [0.3, 0.4) is 0 Å². The van der Waals surface area contributed by atoms with E-state index >= 15 is 0 Å². The molecule has 0 saturated heterocycles. The normalized spacial score (nSPS) is 11.8. The minimum atomic E-state index is -0.165. The highest BCUT2D eigenvalue weighted by Crippen LogP contribution is 2.14. The molecule has 0 aliphatic carbocycles. The third-order valence-electron chi connectivity index (χ3n) is 2.63. The van der Waals surface area contributed by atoms with Crippen molar-refractivity contribution < 1.29 is 4.74 Å². The highest BCUT2D eigenvalue weighted by Gasteiger charge is 2.18. The summed E-state index contributed by atoms with van der Waals surface area (Å²) in [6.45, 7) is 8.10. The molecule has 0 bridgehead atoms. The van der Waals surface area contributed by atoms with E-state index in [0.717, 1.165) is 19.0 Å². The van der Waals surface area contributed by atoms with Gasteiger partial charge in [-0.2, -0.15) is 0 Å². The SMILES string of the molecule is CCCCNc1nccn1CC(C)(C)OC. The van der Waals surface area contributed by atoms with Gasteiger partial charge in [0.05, 0.1) is 12.1 Å². The van der Waals surface area contributed by atoms with E-state index < -0.39 is 0 Å². The number of methoxy groups -OCH3 is 1. The van der Waals surface area contributed by atoms with Crippen LogP contribution in [0, 0.1) is 0 Å². The van der Waals surface area contributed by atoms with Gasteiger partial charge in [-0.3, -0.25) is 0 Å². The number of imidazole rings is 1. The Kier molecular flexibility index (Phi) is 4.80. The molecule has 0 radical (unpaired) electrons. The number of hydrogen-bond acceptors (Lipinski definition) is 3. The van der Waals surface area contributed by atoms with Crippen LogP contribution in [0.4, 0.5) is 5.95 Å². The standard InChI is InChI=1S/C12H23N3O/c1-5-6-7-13-11-14-8-9-15(11)10-12(2,3)16-4/h8-9H,5-7,10H2,1-4H3,(H,13,14). The zero-order valence-corrected chi connectivity index (χ0v) is 10.8. The summed E-state index contributed by atoms with van der Waals surface area (Å²) in [4.78, 5) is 4.30. The Labute approximate surface area is 98.0 Å². The number of rotatable bonds is 7. The van der Waals surface area contributed by atoms with Crippen LogP contribution in [0.2, 0.25) is 0 Å². The maximum absolute atomic E-state index is 5.42. The fraction of sp³-hybridized carbons (Fsp3) is 0.750. The van der Waals surface area contributed by atoms with Gasteiger partial charge in [-0.25, -0.2) is 4.98 Å². The minimum absolute atomic E-state index is 0.165. The quantitative estimate of drug-likeness (QED) is 0.725. The summed E-state index contributed by atoms with van der Waals surface area (Å²) in [7, 11) is 1.74. The summed E-state index contributed by atoms with van der Waals surface area (Å²) in [5.41, 5.74) is -0.165. The first-order valence-corrected chi connectivity index (χ1v) is 5.89. The van der Waals surface area contributed by atoms with Gasteiger partial charge in [0.1, 0.15) is 0 Å². The van der Waals surface area contributed by atoms with Gasteiger partial charge in [-0.05, 0) is 20.3 Å². The van der Waals surface area contributed by atoms with Crippen LogP contribution in [0.5, 0.6) is 0 Å². The number of nitrogens with one attached hydrogen (secondary N) is 1. The van der Waals surface area contributed by atoms with Crippen molar-refractivity contribution in [2.24, 2.45) is 0 Å². The Bertz CT molecular complexity index is 307. The second-order valence-corrected chi connectivity index (χ2v) is 4.62. The summed E-state index contributed by atoms with van der Waals surface area (Å²) in [5.74, 6) is 0.929. The average molecular weight is 225 g/mol. The molecule has 0 fully saturated rings. The van der Waals surface area contributed by atoms with E-state index in [9.17, 15) is 0 Å². The summed E-state index contributed by atoms with van der Waals surface area (Å²) in [6, 6.07) is 0. The topological polar surface area (TPSA) is 39.1 Å². The van der Waals surface area contributed by atoms with Gasteiger partial charge >= 0.3 is 0 Å². The van der Waals surface area contributed by atoms with Crippen molar-refractivity contribution in [2.45, 2.75) is 45.8 Å². The summed E-state index contributed by atoms with van der Waals surface area (Å²) in [6.07, 6.45) is 6.16. The first kappa shape index (κ1) is 13.0. The van der Waals surface area contributed by atoms with Crippen molar-refractivity contribution in [3.8, 4) is 0 Å². The molecule has 1 aromatic heterocycles. The first-order valence-electron chi connectivity index (χ1n) is 5.89. The predicted octanol–water partition coefficient (Wildman–Crippen LogP) is 2.52. The van der Waals surface area contributed by atoms with Crippen molar-refractivity contribution in [1.29, 1.82) is 0 Å². The predicted molar refractivity (Wildman–Crippen MR) is 66.7 cm³/mol. The largest absolute Gasteiger partial charge is 0.377 e. The lowest BCUT2D eigenvalue weighted by Gasteiger charge is -2.24. The van der Waals surface area contributed by atoms with Gasteiger partial charge in [0, 0.05) is 26.0 Å². The molecule has 0 spiro atoms. The molecule has 0 aliphatic rings. The van der Waals surface area contributed by atoms with E-state index in [1.807, 2.05) is 12.4 Å². The summed E-state index contributed by atoms with van der Waals surface area (Å²) in [5, 5.41) is 3.34. The molecular weight excluding hydrogens is 202 g/mol. The van der Waals surface area contributed by atoms with Crippen molar-refractivity contribution in [2.75, 3.05) is 19.0 Å². The lowest BCUT2D eigenvalue weighted by Crippen LogP contribution is -2.29. The van der Waals surface area contributed by atoms with Crippen molar-refractivity contribution in [1.82, 2.24) is 9.55 Å². The second kappa shape index (κ2) is 5.89. The molecule has 0 amide bonds. The van der Waals surface area contributed by atoms with Gasteiger partial charge in [-0.15, -0.1) is 0 Å². The number of anilines is 1. The smallest absolute Gasteiger partial charge is 0.202 e. The van der Waals surface area contributed by atoms with E-state index in [4.69, 9.17) is 4.74 Å². The number of aromatic nitrogens is 2. The van der Waals surface area contributed by atoms with E-state index in [1.54, 1.807) is 7.11 Å². The van der Waals surface area contributed by atoms with Crippen molar-refractivity contribution in [3.63, 3.8) is 0 Å². The monoisotopic (exact) mass is 225 g/mol. The van der Waals surface area contributed by atoms with Crippen LogP contribution < -0.4 is 5.32 Å². The van der Waals surface area contributed by atoms with Gasteiger partial charge in [-0.1, -0.05) is 13.3 Å². The molecule has 1 rings (SSSR count). The Hall–Kier alpha value is -1.03. The summed E-state index contributed by atoms with van der Waals surface area (Å²) >= 11 is 0. The van der Waals surface area contributed by atoms with Crippen LogP contribution in [0.25, 0.3) is 0 Å². The van der Waals surface area contributed by atoms with Gasteiger partial charge in [0.15, 0.2) is 0 Å². The van der Waals surface area contributed by atoms with Crippen LogP contribution in [-0.4, -0.2) is 28.8 Å².